The summed E-state index contributed by atoms with van der Waals surface area (Å²) in [5.74, 6) is 2.18. The van der Waals surface area contributed by atoms with Gasteiger partial charge in [-0.25, -0.2) is 0 Å². The Balaban J connectivity index is 2.17. The van der Waals surface area contributed by atoms with Crippen molar-refractivity contribution in [3.05, 3.63) is 35.4 Å². The lowest BCUT2D eigenvalue weighted by Crippen LogP contribution is -2.46. The molecule has 2 rings (SSSR count). The Kier molecular flexibility index (Phi) is 5.66. The molecule has 0 saturated carbocycles. The lowest BCUT2D eigenvalue weighted by atomic mass is 10.1. The maximum atomic E-state index is 12.8. The number of benzene rings is 1. The van der Waals surface area contributed by atoms with Gasteiger partial charge in [0, 0.05) is 24.4 Å². The first-order valence-electron chi connectivity index (χ1n) is 7.15. The second kappa shape index (κ2) is 7.48. The van der Waals surface area contributed by atoms with Gasteiger partial charge in [0.15, 0.2) is 0 Å². The van der Waals surface area contributed by atoms with E-state index in [1.165, 1.54) is 0 Å². The highest BCUT2D eigenvalue weighted by Gasteiger charge is 2.26. The van der Waals surface area contributed by atoms with Crippen LogP contribution in [0.5, 0.6) is 0 Å². The molecule has 1 aliphatic rings. The molecule has 112 valence electrons. The molecule has 1 amide bonds. The predicted molar refractivity (Wildman–Crippen MR) is 86.5 cm³/mol. The first-order chi connectivity index (χ1) is 10.1. The number of nitriles is 1. The second-order valence-electron chi connectivity index (χ2n) is 5.53. The Labute approximate surface area is 130 Å². The number of hydrogen-bond donors (Lipinski definition) is 0. The van der Waals surface area contributed by atoms with Crippen LogP contribution in [0.2, 0.25) is 0 Å². The van der Waals surface area contributed by atoms with E-state index < -0.39 is 0 Å². The average molecular weight is 303 g/mol. The molecule has 21 heavy (non-hydrogen) atoms. The SMILES string of the molecule is CN(C)CC1CSCCCN1C(=O)c1ccc(C#N)cc1. The van der Waals surface area contributed by atoms with Crippen LogP contribution in [0, 0.1) is 11.3 Å². The molecule has 1 atom stereocenters. The van der Waals surface area contributed by atoms with E-state index in [0.29, 0.717) is 11.1 Å². The van der Waals surface area contributed by atoms with E-state index in [1.54, 1.807) is 24.3 Å². The third kappa shape index (κ3) is 4.23. The molecule has 0 N–H and O–H groups in total. The van der Waals surface area contributed by atoms with Gasteiger partial charge in [0.25, 0.3) is 5.91 Å². The maximum absolute atomic E-state index is 12.8. The Morgan fingerprint density at radius 2 is 2.14 bits per heavy atom. The van der Waals surface area contributed by atoms with E-state index in [-0.39, 0.29) is 11.9 Å². The summed E-state index contributed by atoms with van der Waals surface area (Å²) in [6.07, 6.45) is 1.04. The molecule has 0 spiro atoms. The van der Waals surface area contributed by atoms with E-state index in [9.17, 15) is 4.79 Å². The van der Waals surface area contributed by atoms with Crippen molar-refractivity contribution in [1.29, 1.82) is 5.26 Å². The fourth-order valence-electron chi connectivity index (χ4n) is 2.52. The molecule has 5 heteroatoms. The highest BCUT2D eigenvalue weighted by Crippen LogP contribution is 2.19. The minimum atomic E-state index is 0.0776. The van der Waals surface area contributed by atoms with Gasteiger partial charge in [0.2, 0.25) is 0 Å². The zero-order valence-electron chi connectivity index (χ0n) is 12.6. The summed E-state index contributed by atoms with van der Waals surface area (Å²) in [4.78, 5) is 16.9. The van der Waals surface area contributed by atoms with Gasteiger partial charge in [0.1, 0.15) is 0 Å². The van der Waals surface area contributed by atoms with E-state index in [0.717, 1.165) is 31.0 Å². The zero-order chi connectivity index (χ0) is 15.2. The van der Waals surface area contributed by atoms with Crippen LogP contribution < -0.4 is 0 Å². The Hall–Kier alpha value is -1.51. The summed E-state index contributed by atoms with van der Waals surface area (Å²) in [6, 6.07) is 9.26. The molecule has 1 saturated heterocycles. The number of thioether (sulfide) groups is 1. The van der Waals surface area contributed by atoms with E-state index in [4.69, 9.17) is 5.26 Å². The number of carbonyl (C=O) groups excluding carboxylic acids is 1. The van der Waals surface area contributed by atoms with Gasteiger partial charge in [-0.15, -0.1) is 0 Å². The maximum Gasteiger partial charge on any atom is 0.254 e. The normalized spacial score (nSPS) is 19.1. The Bertz CT molecular complexity index is 521. The molecule has 1 aliphatic heterocycles. The molecule has 0 aliphatic carbocycles. The molecule has 0 radical (unpaired) electrons. The number of likely N-dealkylation sites (N-methyl/N-ethyl adjacent to an activating group) is 1. The smallest absolute Gasteiger partial charge is 0.254 e. The second-order valence-corrected chi connectivity index (χ2v) is 6.68. The van der Waals surface area contributed by atoms with Crippen LogP contribution in [-0.4, -0.2) is 60.4 Å². The fraction of sp³-hybridized carbons (Fsp3) is 0.500. The fourth-order valence-corrected chi connectivity index (χ4v) is 3.58. The summed E-state index contributed by atoms with van der Waals surface area (Å²) in [7, 11) is 4.08. The summed E-state index contributed by atoms with van der Waals surface area (Å²) in [6.45, 7) is 1.69. The molecule has 0 bridgehead atoms. The third-order valence-electron chi connectivity index (χ3n) is 3.54. The monoisotopic (exact) mass is 303 g/mol. The molecule has 4 nitrogen and oxygen atoms in total. The van der Waals surface area contributed by atoms with Crippen molar-refractivity contribution >= 4 is 17.7 Å². The van der Waals surface area contributed by atoms with Gasteiger partial charge in [-0.1, -0.05) is 0 Å². The van der Waals surface area contributed by atoms with E-state index in [1.807, 2.05) is 30.8 Å². The molecular formula is C16H21N3OS. The molecule has 1 unspecified atom stereocenters. The van der Waals surface area contributed by atoms with E-state index >= 15 is 0 Å². The van der Waals surface area contributed by atoms with E-state index in [2.05, 4.69) is 11.0 Å². The molecule has 0 aromatic heterocycles. The summed E-state index contributed by atoms with van der Waals surface area (Å²) in [5, 5.41) is 8.84. The largest absolute Gasteiger partial charge is 0.334 e. The molecule has 1 aromatic rings. The molecular weight excluding hydrogens is 282 g/mol. The lowest BCUT2D eigenvalue weighted by Gasteiger charge is -2.31. The number of hydrogen-bond acceptors (Lipinski definition) is 4. The number of carbonyl (C=O) groups is 1. The van der Waals surface area contributed by atoms with Crippen LogP contribution in [0.15, 0.2) is 24.3 Å². The Morgan fingerprint density at radius 1 is 1.43 bits per heavy atom. The first kappa shape index (κ1) is 15.9. The van der Waals surface area contributed by atoms with Gasteiger partial charge in [0.05, 0.1) is 17.7 Å². The zero-order valence-corrected chi connectivity index (χ0v) is 13.4. The van der Waals surface area contributed by atoms with Crippen LogP contribution in [0.25, 0.3) is 0 Å². The highest BCUT2D eigenvalue weighted by atomic mass is 32.2. The van der Waals surface area contributed by atoms with Gasteiger partial charge in [-0.3, -0.25) is 4.79 Å². The standard InChI is InChI=1S/C16H21N3OS/c1-18(2)11-15-12-21-9-3-8-19(15)16(20)14-6-4-13(10-17)5-7-14/h4-7,15H,3,8-9,11-12H2,1-2H3. The van der Waals surface area contributed by atoms with Crippen LogP contribution in [0.1, 0.15) is 22.3 Å². The highest BCUT2D eigenvalue weighted by molar-refractivity contribution is 7.99. The van der Waals surface area contributed by atoms with Gasteiger partial charge < -0.3 is 9.80 Å². The summed E-state index contributed by atoms with van der Waals surface area (Å²) in [5.41, 5.74) is 1.26. The number of nitrogens with zero attached hydrogens (tertiary/aromatic N) is 3. The van der Waals surface area contributed by atoms with Crippen molar-refractivity contribution in [3.8, 4) is 6.07 Å². The van der Waals surface area contributed by atoms with Gasteiger partial charge in [-0.2, -0.15) is 17.0 Å². The Morgan fingerprint density at radius 3 is 2.76 bits per heavy atom. The quantitative estimate of drug-likeness (QED) is 0.857. The lowest BCUT2D eigenvalue weighted by molar-refractivity contribution is 0.0675. The van der Waals surface area contributed by atoms with Crippen LogP contribution in [-0.2, 0) is 0 Å². The minimum Gasteiger partial charge on any atom is -0.334 e. The number of rotatable bonds is 3. The van der Waals surface area contributed by atoms with Crippen LogP contribution >= 0.6 is 11.8 Å². The van der Waals surface area contributed by atoms with Crippen molar-refractivity contribution in [2.24, 2.45) is 0 Å². The van der Waals surface area contributed by atoms with Crippen molar-refractivity contribution in [3.63, 3.8) is 0 Å². The van der Waals surface area contributed by atoms with Gasteiger partial charge >= 0.3 is 0 Å². The number of amides is 1. The van der Waals surface area contributed by atoms with Crippen molar-refractivity contribution < 1.29 is 4.79 Å². The van der Waals surface area contributed by atoms with Crippen molar-refractivity contribution in [2.45, 2.75) is 12.5 Å². The van der Waals surface area contributed by atoms with Crippen LogP contribution in [0.4, 0.5) is 0 Å². The van der Waals surface area contributed by atoms with Crippen LogP contribution in [0.3, 0.4) is 0 Å². The first-order valence-corrected chi connectivity index (χ1v) is 8.31. The average Bonchev–Trinajstić information content (AvgIpc) is 2.71. The third-order valence-corrected chi connectivity index (χ3v) is 4.73. The molecule has 1 aromatic carbocycles. The summed E-state index contributed by atoms with van der Waals surface area (Å²) >= 11 is 1.92. The van der Waals surface area contributed by atoms with Crippen molar-refractivity contribution in [1.82, 2.24) is 9.80 Å². The molecule has 1 heterocycles. The van der Waals surface area contributed by atoms with Crippen molar-refractivity contribution in [2.75, 3.05) is 38.7 Å². The predicted octanol–water partition coefficient (Wildman–Crippen LogP) is 2.07. The minimum absolute atomic E-state index is 0.0776. The molecule has 1 fully saturated rings. The topological polar surface area (TPSA) is 47.3 Å². The van der Waals surface area contributed by atoms with Gasteiger partial charge in [-0.05, 0) is 50.5 Å². The summed E-state index contributed by atoms with van der Waals surface area (Å²) < 4.78 is 0.